The first-order chi connectivity index (χ1) is 6.50. The molecule has 0 saturated carbocycles. The van der Waals surface area contributed by atoms with E-state index in [1.165, 1.54) is 0 Å². The number of halogens is 2. The Morgan fingerprint density at radius 3 is 2.71 bits per heavy atom. The Hall–Kier alpha value is -1.23. The van der Waals surface area contributed by atoms with Crippen molar-refractivity contribution in [1.29, 1.82) is 0 Å². The van der Waals surface area contributed by atoms with Crippen molar-refractivity contribution in [3.8, 4) is 0 Å². The van der Waals surface area contributed by atoms with Gasteiger partial charge in [-0.15, -0.1) is 0 Å². The number of allylic oxidation sites excluding steroid dienone is 2. The van der Waals surface area contributed by atoms with Crippen molar-refractivity contribution in [2.45, 2.75) is 12.3 Å². The Kier molecular flexibility index (Phi) is 5.71. The summed E-state index contributed by atoms with van der Waals surface area (Å²) in [7, 11) is 0. The van der Waals surface area contributed by atoms with Crippen molar-refractivity contribution < 1.29 is 18.7 Å². The molecule has 0 aliphatic rings. The van der Waals surface area contributed by atoms with Crippen LogP contribution in [0, 0.1) is 0 Å². The van der Waals surface area contributed by atoms with Gasteiger partial charge in [-0.3, -0.25) is 0 Å². The van der Waals surface area contributed by atoms with Crippen LogP contribution in [0.25, 0.3) is 0 Å². The molecule has 0 saturated heterocycles. The quantitative estimate of drug-likeness (QED) is 0.488. The van der Waals surface area contributed by atoms with E-state index >= 15 is 0 Å². The minimum atomic E-state index is -3.69. The molecule has 0 aromatic rings. The van der Waals surface area contributed by atoms with Gasteiger partial charge in [-0.05, 0) is 13.0 Å². The molecular formula is C9H13F2NO2. The van der Waals surface area contributed by atoms with Gasteiger partial charge in [0.1, 0.15) is 0 Å². The van der Waals surface area contributed by atoms with Gasteiger partial charge in [0.2, 0.25) is 0 Å². The first-order valence-corrected chi connectivity index (χ1v) is 4.10. The number of carboxylic acid groups (broad SMARTS) is 1. The van der Waals surface area contributed by atoms with E-state index in [0.29, 0.717) is 13.0 Å². The molecule has 80 valence electrons. The van der Waals surface area contributed by atoms with Gasteiger partial charge in [-0.2, -0.15) is 8.78 Å². The molecular weight excluding hydrogens is 192 g/mol. The normalized spacial score (nSPS) is 11.9. The van der Waals surface area contributed by atoms with E-state index in [1.54, 1.807) is 18.2 Å². The smallest absolute Gasteiger partial charge is 0.375 e. The lowest BCUT2D eigenvalue weighted by molar-refractivity contribution is -0.163. The number of carbonyl (C=O) groups is 1. The largest absolute Gasteiger partial charge is 0.477 e. The number of nitrogens with one attached hydrogen (secondary N) is 1. The lowest BCUT2D eigenvalue weighted by atomic mass is 10.3. The maximum Gasteiger partial charge on any atom is 0.375 e. The maximum atomic E-state index is 12.4. The molecule has 0 heterocycles. The van der Waals surface area contributed by atoms with Crippen LogP contribution in [0.2, 0.25) is 0 Å². The van der Waals surface area contributed by atoms with E-state index in [4.69, 9.17) is 5.11 Å². The highest BCUT2D eigenvalue weighted by Gasteiger charge is 2.37. The predicted molar refractivity (Wildman–Crippen MR) is 49.4 cm³/mol. The highest BCUT2D eigenvalue weighted by molar-refractivity contribution is 5.75. The minimum absolute atomic E-state index is 0.313. The molecule has 0 aliphatic carbocycles. The van der Waals surface area contributed by atoms with Crippen LogP contribution < -0.4 is 5.32 Å². The predicted octanol–water partition coefficient (Wildman–Crippen LogP) is 1.43. The number of alkyl halides is 2. The topological polar surface area (TPSA) is 49.3 Å². The van der Waals surface area contributed by atoms with E-state index in [1.807, 2.05) is 0 Å². The average Bonchev–Trinajstić information content (AvgIpc) is 2.10. The van der Waals surface area contributed by atoms with E-state index < -0.39 is 18.4 Å². The van der Waals surface area contributed by atoms with E-state index in [0.717, 1.165) is 0 Å². The second kappa shape index (κ2) is 6.26. The highest BCUT2D eigenvalue weighted by Crippen LogP contribution is 2.11. The molecule has 0 rings (SSSR count). The fourth-order valence-electron chi connectivity index (χ4n) is 0.699. The number of hydrogen-bond donors (Lipinski definition) is 2. The Balaban J connectivity index is 3.59. The van der Waals surface area contributed by atoms with Gasteiger partial charge in [0, 0.05) is 0 Å². The van der Waals surface area contributed by atoms with Gasteiger partial charge in [0.05, 0.1) is 6.54 Å². The molecule has 0 aromatic heterocycles. The summed E-state index contributed by atoms with van der Waals surface area (Å²) in [6, 6.07) is 0. The molecule has 0 atom stereocenters. The maximum absolute atomic E-state index is 12.4. The first-order valence-electron chi connectivity index (χ1n) is 4.10. The Morgan fingerprint density at radius 2 is 2.21 bits per heavy atom. The third-order valence-corrected chi connectivity index (χ3v) is 1.42. The monoisotopic (exact) mass is 205 g/mol. The molecule has 14 heavy (non-hydrogen) atoms. The van der Waals surface area contributed by atoms with Crippen LogP contribution in [-0.2, 0) is 4.79 Å². The number of carboxylic acids is 1. The molecule has 0 aliphatic heterocycles. The minimum Gasteiger partial charge on any atom is -0.477 e. The molecule has 0 bridgehead atoms. The fraction of sp³-hybridized carbons (Fsp3) is 0.444. The molecule has 0 aromatic carbocycles. The summed E-state index contributed by atoms with van der Waals surface area (Å²) in [5, 5.41) is 10.4. The van der Waals surface area contributed by atoms with Gasteiger partial charge < -0.3 is 10.4 Å². The van der Waals surface area contributed by atoms with Crippen molar-refractivity contribution in [3.05, 3.63) is 24.8 Å². The highest BCUT2D eigenvalue weighted by atomic mass is 19.3. The fourth-order valence-corrected chi connectivity index (χ4v) is 0.699. The zero-order chi connectivity index (χ0) is 11.0. The summed E-state index contributed by atoms with van der Waals surface area (Å²) >= 11 is 0. The summed E-state index contributed by atoms with van der Waals surface area (Å²) < 4.78 is 24.9. The molecule has 0 spiro atoms. The first kappa shape index (κ1) is 12.8. The van der Waals surface area contributed by atoms with Crippen LogP contribution in [0.3, 0.4) is 0 Å². The van der Waals surface area contributed by atoms with Gasteiger partial charge in [0.15, 0.2) is 0 Å². The molecule has 5 heteroatoms. The summed E-state index contributed by atoms with van der Waals surface area (Å²) in [6.07, 6.45) is 5.57. The van der Waals surface area contributed by atoms with Crippen molar-refractivity contribution in [1.82, 2.24) is 5.32 Å². The van der Waals surface area contributed by atoms with E-state index in [-0.39, 0.29) is 0 Å². The lowest BCUT2D eigenvalue weighted by Crippen LogP contribution is -2.39. The molecule has 0 fully saturated rings. The van der Waals surface area contributed by atoms with E-state index in [9.17, 15) is 13.6 Å². The van der Waals surface area contributed by atoms with Crippen molar-refractivity contribution in [3.63, 3.8) is 0 Å². The Morgan fingerprint density at radius 1 is 1.57 bits per heavy atom. The molecule has 0 amide bonds. The van der Waals surface area contributed by atoms with Crippen molar-refractivity contribution >= 4 is 5.97 Å². The van der Waals surface area contributed by atoms with Crippen LogP contribution in [0.15, 0.2) is 24.8 Å². The summed E-state index contributed by atoms with van der Waals surface area (Å²) in [6.45, 7) is 2.91. The standard InChI is InChI=1S/C9H13F2NO2/c1-2-3-4-5-6-12-7-9(10,11)8(13)14/h2-4,12H,1,5-7H2,(H,13,14)/b4-3+. The second-order valence-electron chi connectivity index (χ2n) is 2.64. The Bertz CT molecular complexity index is 227. The molecule has 0 radical (unpaired) electrons. The van der Waals surface area contributed by atoms with Crippen molar-refractivity contribution in [2.75, 3.05) is 13.1 Å². The summed E-state index contributed by atoms with van der Waals surface area (Å²) in [4.78, 5) is 9.97. The van der Waals surface area contributed by atoms with Gasteiger partial charge in [-0.1, -0.05) is 24.8 Å². The number of aliphatic carboxylic acids is 1. The molecule has 0 unspecified atom stereocenters. The number of rotatable bonds is 7. The molecule has 3 nitrogen and oxygen atoms in total. The Labute approximate surface area is 81.1 Å². The van der Waals surface area contributed by atoms with Crippen molar-refractivity contribution in [2.24, 2.45) is 0 Å². The summed E-state index contributed by atoms with van der Waals surface area (Å²) in [5.41, 5.74) is 0. The van der Waals surface area contributed by atoms with Gasteiger partial charge in [-0.25, -0.2) is 4.79 Å². The van der Waals surface area contributed by atoms with Crippen LogP contribution in [0.5, 0.6) is 0 Å². The van der Waals surface area contributed by atoms with Crippen LogP contribution >= 0.6 is 0 Å². The van der Waals surface area contributed by atoms with Crippen LogP contribution in [-0.4, -0.2) is 30.1 Å². The second-order valence-corrected chi connectivity index (χ2v) is 2.64. The molecule has 2 N–H and O–H groups in total. The third-order valence-electron chi connectivity index (χ3n) is 1.42. The van der Waals surface area contributed by atoms with E-state index in [2.05, 4.69) is 11.9 Å². The van der Waals surface area contributed by atoms with Crippen LogP contribution in [0.1, 0.15) is 6.42 Å². The lowest BCUT2D eigenvalue weighted by Gasteiger charge is -2.10. The van der Waals surface area contributed by atoms with Gasteiger partial charge in [0.25, 0.3) is 0 Å². The van der Waals surface area contributed by atoms with Gasteiger partial charge >= 0.3 is 11.9 Å². The zero-order valence-electron chi connectivity index (χ0n) is 7.67. The third kappa shape index (κ3) is 5.42. The SMILES string of the molecule is C=C/C=C/CCNCC(F)(F)C(=O)O. The summed E-state index contributed by atoms with van der Waals surface area (Å²) in [5.74, 6) is -5.80. The average molecular weight is 205 g/mol. The number of hydrogen-bond acceptors (Lipinski definition) is 2. The zero-order valence-corrected chi connectivity index (χ0v) is 7.67. The van der Waals surface area contributed by atoms with Crippen LogP contribution in [0.4, 0.5) is 8.78 Å².